The van der Waals surface area contributed by atoms with E-state index in [1.807, 2.05) is 58.6 Å². The van der Waals surface area contributed by atoms with Gasteiger partial charge in [0.1, 0.15) is 5.60 Å². The Kier molecular flexibility index (Phi) is 5.82. The smallest absolute Gasteiger partial charge is 0.411 e. The number of rotatable bonds is 3. The number of azo groups is 1. The molecule has 1 fully saturated rings. The van der Waals surface area contributed by atoms with Crippen LogP contribution in [0.5, 0.6) is 0 Å². The first-order chi connectivity index (χ1) is 13.1. The van der Waals surface area contributed by atoms with Gasteiger partial charge in [0.05, 0.1) is 17.8 Å². The van der Waals surface area contributed by atoms with Crippen molar-refractivity contribution < 1.29 is 9.53 Å². The molecule has 1 aromatic rings. The molecule has 3 heterocycles. The maximum absolute atomic E-state index is 12.9. The molecule has 2 bridgehead atoms. The van der Waals surface area contributed by atoms with Crippen molar-refractivity contribution in [2.24, 2.45) is 10.2 Å². The van der Waals surface area contributed by atoms with Gasteiger partial charge in [0, 0.05) is 18.0 Å². The normalized spacial score (nSPS) is 22.6. The molecule has 0 N–H and O–H groups in total. The first kappa shape index (κ1) is 20.4. The summed E-state index contributed by atoms with van der Waals surface area (Å²) in [6, 6.07) is 2.02. The van der Waals surface area contributed by atoms with Gasteiger partial charge in [0.25, 0.3) is 0 Å². The molecule has 0 aromatic carbocycles. The molecule has 2 aliphatic rings. The first-order valence-corrected chi connectivity index (χ1v) is 10.1. The van der Waals surface area contributed by atoms with Crippen LogP contribution in [0.25, 0.3) is 0 Å². The van der Waals surface area contributed by atoms with E-state index in [4.69, 9.17) is 4.74 Å². The number of nitrogens with zero attached hydrogens (tertiary/aromatic N) is 5. The van der Waals surface area contributed by atoms with Crippen LogP contribution in [0.1, 0.15) is 78.1 Å². The number of piperidine rings is 1. The molecule has 3 unspecified atom stereocenters. The Morgan fingerprint density at radius 3 is 2.75 bits per heavy atom. The summed E-state index contributed by atoms with van der Waals surface area (Å²) in [6.07, 6.45) is 5.47. The third-order valence-corrected chi connectivity index (χ3v) is 4.94. The highest BCUT2D eigenvalue weighted by molar-refractivity contribution is 5.70. The van der Waals surface area contributed by atoms with Crippen LogP contribution in [0.2, 0.25) is 0 Å². The summed E-state index contributed by atoms with van der Waals surface area (Å²) in [6.45, 7) is 11.8. The molecule has 28 heavy (non-hydrogen) atoms. The molecule has 0 spiro atoms. The second-order valence-electron chi connectivity index (χ2n) is 9.00. The second kappa shape index (κ2) is 7.97. The minimum atomic E-state index is -0.511. The predicted molar refractivity (Wildman–Crippen MR) is 108 cm³/mol. The third kappa shape index (κ3) is 4.75. The average molecular weight is 386 g/mol. The minimum Gasteiger partial charge on any atom is -0.444 e. The van der Waals surface area contributed by atoms with E-state index in [9.17, 15) is 4.79 Å². The van der Waals surface area contributed by atoms with Crippen molar-refractivity contribution in [2.75, 3.05) is 0 Å². The second-order valence-corrected chi connectivity index (χ2v) is 9.00. The lowest BCUT2D eigenvalue weighted by Crippen LogP contribution is -2.51. The van der Waals surface area contributed by atoms with Gasteiger partial charge in [-0.3, -0.25) is 4.90 Å². The fraction of sp³-hybridized carbons (Fsp3) is 0.667. The van der Waals surface area contributed by atoms with Gasteiger partial charge in [0.15, 0.2) is 5.82 Å². The third-order valence-electron chi connectivity index (χ3n) is 4.94. The summed E-state index contributed by atoms with van der Waals surface area (Å²) in [5.41, 5.74) is 2.68. The fourth-order valence-corrected chi connectivity index (χ4v) is 3.98. The van der Waals surface area contributed by atoms with Gasteiger partial charge >= 0.3 is 6.09 Å². The highest BCUT2D eigenvalue weighted by Crippen LogP contribution is 2.42. The average Bonchev–Trinajstić information content (AvgIpc) is 2.57. The molecule has 3 atom stereocenters. The van der Waals surface area contributed by atoms with Gasteiger partial charge in [-0.1, -0.05) is 11.6 Å². The number of carbonyl (C=O) groups is 1. The van der Waals surface area contributed by atoms with Crippen molar-refractivity contribution in [1.29, 1.82) is 0 Å². The van der Waals surface area contributed by atoms with Crippen LogP contribution in [0.4, 0.5) is 10.6 Å². The molecule has 0 aliphatic carbocycles. The molecule has 7 nitrogen and oxygen atoms in total. The van der Waals surface area contributed by atoms with Crippen molar-refractivity contribution in [1.82, 2.24) is 15.1 Å². The zero-order valence-corrected chi connectivity index (χ0v) is 17.8. The molecule has 1 saturated heterocycles. The number of ether oxygens (including phenoxy) is 1. The number of fused-ring (bicyclic) bond motifs is 4. The van der Waals surface area contributed by atoms with Crippen LogP contribution >= 0.6 is 0 Å². The zero-order chi connectivity index (χ0) is 20.5. The van der Waals surface area contributed by atoms with Gasteiger partial charge in [0.2, 0.25) is 0 Å². The highest BCUT2D eigenvalue weighted by atomic mass is 16.6. The van der Waals surface area contributed by atoms with Gasteiger partial charge in [-0.25, -0.2) is 4.79 Å². The van der Waals surface area contributed by atoms with E-state index in [1.165, 1.54) is 5.57 Å². The predicted octanol–water partition coefficient (Wildman–Crippen LogP) is 5.30. The zero-order valence-electron chi connectivity index (χ0n) is 17.8. The Labute approximate surface area is 167 Å². The highest BCUT2D eigenvalue weighted by Gasteiger charge is 2.42. The van der Waals surface area contributed by atoms with Gasteiger partial charge in [-0.2, -0.15) is 10.2 Å². The Balaban J connectivity index is 1.86. The van der Waals surface area contributed by atoms with Crippen LogP contribution in [-0.2, 0) is 11.2 Å². The minimum absolute atomic E-state index is 0.0137. The molecule has 1 amide bonds. The summed E-state index contributed by atoms with van der Waals surface area (Å²) in [5.74, 6) is 0.487. The Morgan fingerprint density at radius 2 is 2.07 bits per heavy atom. The SMILES string of the molecule is CC(C)=CC(C)N=Nc1cc2c(nn1)CC1CCCC2N1C(=O)OC(C)(C)C. The van der Waals surface area contributed by atoms with Crippen LogP contribution < -0.4 is 0 Å². The molecule has 152 valence electrons. The van der Waals surface area contributed by atoms with E-state index in [0.717, 1.165) is 30.5 Å². The molecule has 0 radical (unpaired) electrons. The van der Waals surface area contributed by atoms with E-state index in [-0.39, 0.29) is 24.2 Å². The van der Waals surface area contributed by atoms with Gasteiger partial charge < -0.3 is 4.74 Å². The van der Waals surface area contributed by atoms with Crippen LogP contribution in [-0.4, -0.2) is 38.9 Å². The molecular formula is C21H31N5O2. The Hall–Kier alpha value is -2.31. The lowest BCUT2D eigenvalue weighted by molar-refractivity contribution is -0.0101. The number of carbonyl (C=O) groups excluding carboxylic acids is 1. The maximum atomic E-state index is 12.9. The van der Waals surface area contributed by atoms with Crippen molar-refractivity contribution in [2.45, 2.75) is 91.0 Å². The maximum Gasteiger partial charge on any atom is 0.411 e. The van der Waals surface area contributed by atoms with E-state index in [1.54, 1.807) is 0 Å². The van der Waals surface area contributed by atoms with E-state index in [0.29, 0.717) is 12.2 Å². The summed E-state index contributed by atoms with van der Waals surface area (Å²) in [5, 5.41) is 17.2. The lowest BCUT2D eigenvalue weighted by atomic mass is 9.83. The first-order valence-electron chi connectivity index (χ1n) is 10.1. The van der Waals surface area contributed by atoms with Crippen LogP contribution in [0.15, 0.2) is 27.9 Å². The molecule has 7 heteroatoms. The molecule has 2 aliphatic heterocycles. The van der Waals surface area contributed by atoms with Gasteiger partial charge in [-0.05, 0) is 66.9 Å². The summed E-state index contributed by atoms with van der Waals surface area (Å²) >= 11 is 0. The monoisotopic (exact) mass is 385 g/mol. The lowest BCUT2D eigenvalue weighted by Gasteiger charge is -2.46. The molecule has 3 rings (SSSR count). The topological polar surface area (TPSA) is 80.0 Å². The Morgan fingerprint density at radius 1 is 1.32 bits per heavy atom. The number of amides is 1. The van der Waals surface area contributed by atoms with Gasteiger partial charge in [-0.15, -0.1) is 10.2 Å². The van der Waals surface area contributed by atoms with E-state index < -0.39 is 5.60 Å². The van der Waals surface area contributed by atoms with Crippen LogP contribution in [0, 0.1) is 0 Å². The quantitative estimate of drug-likeness (QED) is 0.522. The number of hydrogen-bond donors (Lipinski definition) is 0. The fourth-order valence-electron chi connectivity index (χ4n) is 3.98. The molecular weight excluding hydrogens is 354 g/mol. The standard InChI is InChI=1S/C21H31N5O2/c1-13(2)10-14(3)22-24-19-12-16-17(23-25-19)11-15-8-7-9-18(16)26(15)20(27)28-21(4,5)6/h10,12,14-15,18H,7-9,11H2,1-6H3. The van der Waals surface area contributed by atoms with E-state index >= 15 is 0 Å². The summed E-state index contributed by atoms with van der Waals surface area (Å²) in [4.78, 5) is 14.8. The molecule has 1 aromatic heterocycles. The largest absolute Gasteiger partial charge is 0.444 e. The van der Waals surface area contributed by atoms with Crippen molar-refractivity contribution in [3.05, 3.63) is 29.0 Å². The van der Waals surface area contributed by atoms with Crippen molar-refractivity contribution in [3.8, 4) is 0 Å². The summed E-state index contributed by atoms with van der Waals surface area (Å²) < 4.78 is 5.68. The van der Waals surface area contributed by atoms with Crippen LogP contribution in [0.3, 0.4) is 0 Å². The molecule has 0 saturated carbocycles. The van der Waals surface area contributed by atoms with Crippen molar-refractivity contribution >= 4 is 11.9 Å². The van der Waals surface area contributed by atoms with Crippen molar-refractivity contribution in [3.63, 3.8) is 0 Å². The van der Waals surface area contributed by atoms with E-state index in [2.05, 4.69) is 20.4 Å². The number of hydrogen-bond acceptors (Lipinski definition) is 6. The summed E-state index contributed by atoms with van der Waals surface area (Å²) in [7, 11) is 0. The Bertz CT molecular complexity index is 792. The number of aromatic nitrogens is 2. The number of allylic oxidation sites excluding steroid dienone is 1.